The summed E-state index contributed by atoms with van der Waals surface area (Å²) in [7, 11) is 0. The summed E-state index contributed by atoms with van der Waals surface area (Å²) in [6, 6.07) is 16.8. The number of benzene rings is 1. The summed E-state index contributed by atoms with van der Waals surface area (Å²) in [5.74, 6) is 1.51. The first-order valence-corrected chi connectivity index (χ1v) is 9.40. The third-order valence-corrected chi connectivity index (χ3v) is 5.19. The van der Waals surface area contributed by atoms with Crippen molar-refractivity contribution in [2.45, 2.75) is 12.1 Å². The number of hydrogen-bond donors (Lipinski definition) is 2. The molecule has 3 heterocycles. The summed E-state index contributed by atoms with van der Waals surface area (Å²) in [6.07, 6.45) is 1.76. The Morgan fingerprint density at radius 2 is 1.96 bits per heavy atom. The van der Waals surface area contributed by atoms with E-state index in [-0.39, 0.29) is 18.7 Å². The van der Waals surface area contributed by atoms with Gasteiger partial charge in [-0.25, -0.2) is 0 Å². The second-order valence-electron chi connectivity index (χ2n) is 6.25. The molecule has 0 bridgehead atoms. The minimum absolute atomic E-state index is 0.00198. The first kappa shape index (κ1) is 18.0. The topological polar surface area (TPSA) is 61.5 Å². The number of rotatable bonds is 5. The number of pyridine rings is 1. The van der Waals surface area contributed by atoms with Gasteiger partial charge in [0, 0.05) is 23.3 Å². The monoisotopic (exact) mass is 399 g/mol. The van der Waals surface area contributed by atoms with E-state index < -0.39 is 0 Å². The number of halogens is 1. The summed E-state index contributed by atoms with van der Waals surface area (Å²) < 4.78 is 6.18. The predicted octanol–water partition coefficient (Wildman–Crippen LogP) is 3.96. The van der Waals surface area contributed by atoms with E-state index in [2.05, 4.69) is 10.3 Å². The average molecular weight is 400 g/mol. The zero-order valence-corrected chi connectivity index (χ0v) is 16.0. The van der Waals surface area contributed by atoms with E-state index in [0.717, 1.165) is 22.8 Å². The fraction of sp³-hybridized carbons (Fsp3) is 0.200. The number of aliphatic hydroxyl groups is 1. The van der Waals surface area contributed by atoms with Gasteiger partial charge in [0.1, 0.15) is 17.6 Å². The van der Waals surface area contributed by atoms with Crippen LogP contribution in [0.2, 0.25) is 5.02 Å². The number of aliphatic hydroxyl groups excluding tert-OH is 1. The van der Waals surface area contributed by atoms with Crippen LogP contribution >= 0.6 is 23.8 Å². The summed E-state index contributed by atoms with van der Waals surface area (Å²) >= 11 is 11.5. The van der Waals surface area contributed by atoms with Crippen molar-refractivity contribution in [3.63, 3.8) is 0 Å². The molecule has 0 amide bonds. The summed E-state index contributed by atoms with van der Waals surface area (Å²) in [5, 5.41) is 14.1. The van der Waals surface area contributed by atoms with Gasteiger partial charge < -0.3 is 19.7 Å². The lowest BCUT2D eigenvalue weighted by molar-refractivity contribution is 0.209. The van der Waals surface area contributed by atoms with Crippen LogP contribution in [0.4, 0.5) is 0 Å². The molecule has 2 aromatic heterocycles. The fourth-order valence-corrected chi connectivity index (χ4v) is 3.80. The van der Waals surface area contributed by atoms with Gasteiger partial charge in [-0.1, -0.05) is 17.7 Å². The molecule has 2 N–H and O–H groups in total. The van der Waals surface area contributed by atoms with Crippen LogP contribution in [0.25, 0.3) is 11.3 Å². The lowest BCUT2D eigenvalue weighted by Gasteiger charge is -2.25. The third kappa shape index (κ3) is 3.56. The maximum Gasteiger partial charge on any atom is 0.170 e. The van der Waals surface area contributed by atoms with Gasteiger partial charge in [-0.05, 0) is 60.7 Å². The zero-order chi connectivity index (χ0) is 18.8. The molecule has 0 saturated carbocycles. The average Bonchev–Trinajstić information content (AvgIpc) is 3.29. The largest absolute Gasteiger partial charge is 0.459 e. The number of β-amino-alcohol motifs (C(OH)–C–C–N with tert-alkyl or cyclic N) is 1. The van der Waals surface area contributed by atoms with E-state index in [1.807, 2.05) is 59.5 Å². The predicted molar refractivity (Wildman–Crippen MR) is 108 cm³/mol. The maximum atomic E-state index is 9.49. The van der Waals surface area contributed by atoms with Gasteiger partial charge in [-0.15, -0.1) is 0 Å². The molecule has 1 saturated heterocycles. The summed E-state index contributed by atoms with van der Waals surface area (Å²) in [4.78, 5) is 6.42. The molecule has 0 radical (unpaired) electrons. The van der Waals surface area contributed by atoms with Crippen LogP contribution in [0.15, 0.2) is 65.2 Å². The van der Waals surface area contributed by atoms with Crippen LogP contribution < -0.4 is 5.32 Å². The standard InChI is InChI=1S/C20H18ClN3O2S/c21-14-6-4-13(5-7-14)16-8-9-17(26-16)19-18(15-3-1-2-10-22-15)23-20(27)24(19)11-12-25/h1-10,18-19,25H,11-12H2,(H,23,27)/t18-,19+/m1/s1. The molecule has 1 aromatic carbocycles. The molecule has 4 rings (SSSR count). The molecule has 1 aliphatic heterocycles. The van der Waals surface area contributed by atoms with Crippen LogP contribution in [0, 0.1) is 0 Å². The van der Waals surface area contributed by atoms with Crippen molar-refractivity contribution in [1.29, 1.82) is 0 Å². The fourth-order valence-electron chi connectivity index (χ4n) is 3.34. The Labute approximate surface area is 167 Å². The Balaban J connectivity index is 1.71. The number of hydrogen-bond acceptors (Lipinski definition) is 4. The molecule has 1 fully saturated rings. The van der Waals surface area contributed by atoms with E-state index in [1.165, 1.54) is 0 Å². The molecule has 1 aliphatic rings. The second kappa shape index (κ2) is 7.68. The van der Waals surface area contributed by atoms with Crippen LogP contribution in [0.5, 0.6) is 0 Å². The van der Waals surface area contributed by atoms with Crippen molar-refractivity contribution >= 4 is 28.9 Å². The van der Waals surface area contributed by atoms with E-state index in [0.29, 0.717) is 16.7 Å². The second-order valence-corrected chi connectivity index (χ2v) is 7.08. The summed E-state index contributed by atoms with van der Waals surface area (Å²) in [6.45, 7) is 0.412. The highest BCUT2D eigenvalue weighted by atomic mass is 35.5. The Kier molecular flexibility index (Phi) is 5.11. The minimum Gasteiger partial charge on any atom is -0.459 e. The number of thiocarbonyl (C=S) groups is 1. The van der Waals surface area contributed by atoms with E-state index >= 15 is 0 Å². The molecule has 0 spiro atoms. The molecule has 3 aromatic rings. The van der Waals surface area contributed by atoms with Crippen molar-refractivity contribution in [2.24, 2.45) is 0 Å². The highest BCUT2D eigenvalue weighted by Gasteiger charge is 2.41. The lowest BCUT2D eigenvalue weighted by atomic mass is 10.0. The highest BCUT2D eigenvalue weighted by molar-refractivity contribution is 7.80. The van der Waals surface area contributed by atoms with E-state index in [1.54, 1.807) is 6.20 Å². The highest BCUT2D eigenvalue weighted by Crippen LogP contribution is 2.40. The minimum atomic E-state index is -0.194. The number of aromatic nitrogens is 1. The van der Waals surface area contributed by atoms with Gasteiger partial charge in [-0.3, -0.25) is 4.98 Å². The molecule has 138 valence electrons. The van der Waals surface area contributed by atoms with Gasteiger partial charge in [0.15, 0.2) is 5.11 Å². The van der Waals surface area contributed by atoms with Crippen molar-refractivity contribution in [1.82, 2.24) is 15.2 Å². The zero-order valence-electron chi connectivity index (χ0n) is 14.4. The number of nitrogens with zero attached hydrogens (tertiary/aromatic N) is 2. The molecular formula is C20H18ClN3O2S. The SMILES string of the molecule is OCCN1C(=S)N[C@H](c2ccccn2)[C@@H]1c1ccc(-c2ccc(Cl)cc2)o1. The van der Waals surface area contributed by atoms with Gasteiger partial charge in [0.25, 0.3) is 0 Å². The Hall–Kier alpha value is -2.41. The van der Waals surface area contributed by atoms with Gasteiger partial charge >= 0.3 is 0 Å². The normalized spacial score (nSPS) is 19.3. The van der Waals surface area contributed by atoms with Gasteiger partial charge in [-0.2, -0.15) is 0 Å². The third-order valence-electron chi connectivity index (χ3n) is 4.59. The number of nitrogens with one attached hydrogen (secondary N) is 1. The maximum absolute atomic E-state index is 9.49. The smallest absolute Gasteiger partial charge is 0.170 e. The lowest BCUT2D eigenvalue weighted by Crippen LogP contribution is -2.32. The van der Waals surface area contributed by atoms with Gasteiger partial charge in [0.05, 0.1) is 18.3 Å². The first-order valence-electron chi connectivity index (χ1n) is 8.62. The van der Waals surface area contributed by atoms with Gasteiger partial charge in [0.2, 0.25) is 0 Å². The molecule has 2 atom stereocenters. The van der Waals surface area contributed by atoms with Crippen LogP contribution in [-0.4, -0.2) is 33.3 Å². The number of furan rings is 1. The Morgan fingerprint density at radius 3 is 2.67 bits per heavy atom. The molecule has 27 heavy (non-hydrogen) atoms. The van der Waals surface area contributed by atoms with Crippen LogP contribution in [-0.2, 0) is 0 Å². The molecule has 7 heteroatoms. The quantitative estimate of drug-likeness (QED) is 0.633. The van der Waals surface area contributed by atoms with Crippen LogP contribution in [0.1, 0.15) is 23.5 Å². The van der Waals surface area contributed by atoms with Crippen molar-refractivity contribution in [2.75, 3.05) is 13.2 Å². The van der Waals surface area contributed by atoms with Crippen molar-refractivity contribution in [3.8, 4) is 11.3 Å². The Morgan fingerprint density at radius 1 is 1.15 bits per heavy atom. The molecule has 5 nitrogen and oxygen atoms in total. The molecule has 0 aliphatic carbocycles. The van der Waals surface area contributed by atoms with Crippen LogP contribution in [0.3, 0.4) is 0 Å². The van der Waals surface area contributed by atoms with Crippen molar-refractivity contribution < 1.29 is 9.52 Å². The van der Waals surface area contributed by atoms with E-state index in [4.69, 9.17) is 28.2 Å². The first-order chi connectivity index (χ1) is 13.2. The summed E-state index contributed by atoms with van der Waals surface area (Å²) in [5.41, 5.74) is 1.82. The molecule has 0 unspecified atom stereocenters. The molecular weight excluding hydrogens is 382 g/mol. The van der Waals surface area contributed by atoms with E-state index in [9.17, 15) is 5.11 Å². The Bertz CT molecular complexity index is 930. The van der Waals surface area contributed by atoms with Crippen molar-refractivity contribution in [3.05, 3.63) is 77.3 Å².